The zero-order valence-electron chi connectivity index (χ0n) is 12.0. The van der Waals surface area contributed by atoms with Crippen molar-refractivity contribution in [2.24, 2.45) is 0 Å². The van der Waals surface area contributed by atoms with Crippen LogP contribution >= 0.6 is 0 Å². The van der Waals surface area contributed by atoms with E-state index in [2.05, 4.69) is 4.98 Å². The van der Waals surface area contributed by atoms with Gasteiger partial charge >= 0.3 is 5.97 Å². The Labute approximate surface area is 118 Å². The number of carbonyl (C=O) groups excluding carboxylic acids is 1. The maximum Gasteiger partial charge on any atom is 0.354 e. The fourth-order valence-electron chi connectivity index (χ4n) is 1.83. The molecule has 0 aliphatic heterocycles. The van der Waals surface area contributed by atoms with Gasteiger partial charge in [0.05, 0.1) is 12.2 Å². The third-order valence-electron chi connectivity index (χ3n) is 3.35. The van der Waals surface area contributed by atoms with Crippen molar-refractivity contribution in [1.82, 2.24) is 4.98 Å². The summed E-state index contributed by atoms with van der Waals surface area (Å²) in [4.78, 5) is 15.0. The average molecular weight is 276 g/mol. The van der Waals surface area contributed by atoms with Crippen LogP contribution < -0.4 is 5.73 Å². The van der Waals surface area contributed by atoms with Crippen LogP contribution in [0, 0.1) is 0 Å². The van der Waals surface area contributed by atoms with Gasteiger partial charge in [-0.15, -0.1) is 0 Å². The third-order valence-corrected chi connectivity index (χ3v) is 3.35. The highest BCUT2D eigenvalue weighted by molar-refractivity contribution is 5.95. The molecule has 0 saturated carbocycles. The number of hydrogen-bond donors (Lipinski definition) is 2. The Morgan fingerprint density at radius 1 is 1.35 bits per heavy atom. The fourth-order valence-corrected chi connectivity index (χ4v) is 1.83. The maximum atomic E-state index is 11.9. The maximum absolute atomic E-state index is 11.9. The third kappa shape index (κ3) is 3.30. The summed E-state index contributed by atoms with van der Waals surface area (Å²) in [5.41, 5.74) is 7.37. The second-order valence-corrected chi connectivity index (χ2v) is 5.38. The first kappa shape index (κ1) is 14.4. The number of nitrogens with one attached hydrogen (secondary N) is 1. The molecule has 0 atom stereocenters. The van der Waals surface area contributed by atoms with Crippen LogP contribution in [0.3, 0.4) is 0 Å². The van der Waals surface area contributed by atoms with Gasteiger partial charge in [-0.25, -0.2) is 4.79 Å². The van der Waals surface area contributed by atoms with Gasteiger partial charge in [0.15, 0.2) is 0 Å². The van der Waals surface area contributed by atoms with E-state index in [9.17, 15) is 4.79 Å². The zero-order valence-corrected chi connectivity index (χ0v) is 12.0. The molecule has 1 aromatic heterocycles. The normalized spacial score (nSPS) is 11.8. The first-order valence-corrected chi connectivity index (χ1v) is 6.52. The Bertz CT molecular complexity index is 617. The summed E-state index contributed by atoms with van der Waals surface area (Å²) in [5.74, 6) is -0.369. The van der Waals surface area contributed by atoms with Gasteiger partial charge in [-0.3, -0.25) is 0 Å². The summed E-state index contributed by atoms with van der Waals surface area (Å²) in [6, 6.07) is 7.19. The van der Waals surface area contributed by atoms with Gasteiger partial charge in [-0.1, -0.05) is 0 Å². The van der Waals surface area contributed by atoms with Crippen molar-refractivity contribution in [3.63, 3.8) is 0 Å². The van der Waals surface area contributed by atoms with E-state index in [1.807, 2.05) is 26.0 Å². The van der Waals surface area contributed by atoms with Crippen molar-refractivity contribution in [3.05, 3.63) is 30.0 Å². The molecule has 3 N–H and O–H groups in total. The van der Waals surface area contributed by atoms with Crippen LogP contribution in [-0.4, -0.2) is 30.3 Å². The second kappa shape index (κ2) is 5.54. The van der Waals surface area contributed by atoms with Crippen LogP contribution in [0.15, 0.2) is 24.3 Å². The van der Waals surface area contributed by atoms with Crippen LogP contribution in [0.2, 0.25) is 0 Å². The van der Waals surface area contributed by atoms with Crippen LogP contribution in [0.5, 0.6) is 0 Å². The number of nitrogens with two attached hydrogens (primary N) is 1. The molecule has 1 heterocycles. The highest BCUT2D eigenvalue weighted by Crippen LogP contribution is 2.19. The number of aromatic nitrogens is 1. The van der Waals surface area contributed by atoms with Crippen molar-refractivity contribution in [3.8, 4) is 0 Å². The lowest BCUT2D eigenvalue weighted by atomic mass is 10.1. The van der Waals surface area contributed by atoms with Crippen LogP contribution in [-0.2, 0) is 9.47 Å². The first-order chi connectivity index (χ1) is 9.41. The van der Waals surface area contributed by atoms with E-state index in [-0.39, 0.29) is 11.6 Å². The number of carbonyl (C=O) groups is 1. The number of anilines is 1. The SMILES string of the molecule is COC(C)(C)CCOC(=O)c1cc2cc(N)ccc2[nH]1. The van der Waals surface area contributed by atoms with Gasteiger partial charge in [-0.05, 0) is 38.1 Å². The van der Waals surface area contributed by atoms with Crippen LogP contribution in [0.1, 0.15) is 30.8 Å². The van der Waals surface area contributed by atoms with E-state index in [1.54, 1.807) is 19.2 Å². The molecule has 5 heteroatoms. The number of benzene rings is 1. The van der Waals surface area contributed by atoms with E-state index in [0.29, 0.717) is 24.4 Å². The molecule has 2 rings (SSSR count). The Morgan fingerprint density at radius 3 is 2.80 bits per heavy atom. The Morgan fingerprint density at radius 2 is 2.10 bits per heavy atom. The predicted octanol–water partition coefficient (Wildman–Crippen LogP) is 2.72. The van der Waals surface area contributed by atoms with E-state index < -0.39 is 0 Å². The Balaban J connectivity index is 2.01. The molecule has 0 unspecified atom stereocenters. The molecular formula is C15H20N2O3. The lowest BCUT2D eigenvalue weighted by molar-refractivity contribution is -0.00578. The van der Waals surface area contributed by atoms with Gasteiger partial charge in [0.2, 0.25) is 0 Å². The highest BCUT2D eigenvalue weighted by atomic mass is 16.5. The van der Waals surface area contributed by atoms with E-state index in [0.717, 1.165) is 10.9 Å². The minimum Gasteiger partial charge on any atom is -0.461 e. The molecule has 5 nitrogen and oxygen atoms in total. The summed E-state index contributed by atoms with van der Waals surface area (Å²) < 4.78 is 10.5. The quantitative estimate of drug-likeness (QED) is 0.650. The highest BCUT2D eigenvalue weighted by Gasteiger charge is 2.18. The number of hydrogen-bond acceptors (Lipinski definition) is 4. The molecule has 0 fully saturated rings. The molecular weight excluding hydrogens is 256 g/mol. The van der Waals surface area contributed by atoms with E-state index in [1.165, 1.54) is 0 Å². The number of fused-ring (bicyclic) bond motifs is 1. The zero-order chi connectivity index (χ0) is 14.8. The van der Waals surface area contributed by atoms with Gasteiger partial charge in [0.1, 0.15) is 5.69 Å². The minimum absolute atomic E-state index is 0.296. The smallest absolute Gasteiger partial charge is 0.354 e. The number of H-pyrrole nitrogens is 1. The standard InChI is InChI=1S/C15H20N2O3/c1-15(2,19-3)6-7-20-14(18)13-9-10-8-11(16)4-5-12(10)17-13/h4-5,8-9,17H,6-7,16H2,1-3H3. The summed E-state index contributed by atoms with van der Waals surface area (Å²) in [6.45, 7) is 4.22. The number of aromatic amines is 1. The fraction of sp³-hybridized carbons (Fsp3) is 0.400. The molecule has 0 aliphatic carbocycles. The molecule has 2 aromatic rings. The molecule has 0 bridgehead atoms. The molecule has 0 saturated heterocycles. The number of nitrogen functional groups attached to an aromatic ring is 1. The summed E-state index contributed by atoms with van der Waals surface area (Å²) in [5, 5.41) is 0.897. The molecule has 20 heavy (non-hydrogen) atoms. The summed E-state index contributed by atoms with van der Waals surface area (Å²) in [7, 11) is 1.64. The van der Waals surface area contributed by atoms with Gasteiger partial charge in [-0.2, -0.15) is 0 Å². The monoisotopic (exact) mass is 276 g/mol. The Kier molecular flexibility index (Phi) is 3.99. The van der Waals surface area contributed by atoms with E-state index in [4.69, 9.17) is 15.2 Å². The van der Waals surface area contributed by atoms with Gasteiger partial charge in [0, 0.05) is 30.1 Å². The molecule has 1 aromatic carbocycles. The largest absolute Gasteiger partial charge is 0.461 e. The second-order valence-electron chi connectivity index (χ2n) is 5.38. The summed E-state index contributed by atoms with van der Waals surface area (Å²) in [6.07, 6.45) is 0.641. The number of rotatable bonds is 5. The van der Waals surface area contributed by atoms with E-state index >= 15 is 0 Å². The lowest BCUT2D eigenvalue weighted by Crippen LogP contribution is -2.25. The first-order valence-electron chi connectivity index (χ1n) is 6.52. The topological polar surface area (TPSA) is 77.3 Å². The van der Waals surface area contributed by atoms with Crippen molar-refractivity contribution in [1.29, 1.82) is 0 Å². The van der Waals surface area contributed by atoms with Gasteiger partial charge < -0.3 is 20.2 Å². The molecule has 0 radical (unpaired) electrons. The lowest BCUT2D eigenvalue weighted by Gasteiger charge is -2.22. The molecule has 0 aliphatic rings. The Hall–Kier alpha value is -2.01. The van der Waals surface area contributed by atoms with Gasteiger partial charge in [0.25, 0.3) is 0 Å². The van der Waals surface area contributed by atoms with Crippen LogP contribution in [0.25, 0.3) is 10.9 Å². The number of esters is 1. The van der Waals surface area contributed by atoms with Crippen molar-refractivity contribution >= 4 is 22.6 Å². The van der Waals surface area contributed by atoms with Crippen molar-refractivity contribution < 1.29 is 14.3 Å². The molecule has 0 spiro atoms. The number of methoxy groups -OCH3 is 1. The summed E-state index contributed by atoms with van der Waals surface area (Å²) >= 11 is 0. The van der Waals surface area contributed by atoms with Crippen molar-refractivity contribution in [2.45, 2.75) is 25.9 Å². The predicted molar refractivity (Wildman–Crippen MR) is 78.7 cm³/mol. The van der Waals surface area contributed by atoms with Crippen molar-refractivity contribution in [2.75, 3.05) is 19.5 Å². The van der Waals surface area contributed by atoms with Crippen LogP contribution in [0.4, 0.5) is 5.69 Å². The minimum atomic E-state index is -0.369. The average Bonchev–Trinajstić information content (AvgIpc) is 2.81. The number of ether oxygens (including phenoxy) is 2. The molecule has 0 amide bonds. The molecule has 108 valence electrons.